The standard InChI is InChI=1S/C14H11N5O3S/c20-13(15-10-4-3-5-11(8-10)19(21)22)9-23-14-17-16-12-6-1-2-7-18(12)14/h1-8H,9H2,(H,15,20). The van der Waals surface area contributed by atoms with E-state index in [9.17, 15) is 14.9 Å². The molecule has 9 heteroatoms. The molecule has 1 amide bonds. The number of rotatable bonds is 5. The van der Waals surface area contributed by atoms with E-state index in [-0.39, 0.29) is 17.3 Å². The molecule has 0 aliphatic rings. The summed E-state index contributed by atoms with van der Waals surface area (Å²) in [6.07, 6.45) is 1.82. The Morgan fingerprint density at radius 1 is 1.26 bits per heavy atom. The third-order valence-electron chi connectivity index (χ3n) is 2.96. The fourth-order valence-electron chi connectivity index (χ4n) is 1.94. The molecule has 0 bridgehead atoms. The van der Waals surface area contributed by atoms with Crippen molar-refractivity contribution >= 4 is 34.7 Å². The number of fused-ring (bicyclic) bond motifs is 1. The van der Waals surface area contributed by atoms with Crippen molar-refractivity contribution in [2.45, 2.75) is 5.16 Å². The van der Waals surface area contributed by atoms with Crippen LogP contribution in [-0.2, 0) is 4.79 Å². The van der Waals surface area contributed by atoms with E-state index >= 15 is 0 Å². The summed E-state index contributed by atoms with van der Waals surface area (Å²) in [7, 11) is 0. The zero-order valence-corrected chi connectivity index (χ0v) is 12.6. The molecule has 1 N–H and O–H groups in total. The number of nitro groups is 1. The number of carbonyl (C=O) groups is 1. The fourth-order valence-corrected chi connectivity index (χ4v) is 2.67. The number of nitro benzene ring substituents is 1. The number of pyridine rings is 1. The maximum absolute atomic E-state index is 12.0. The molecule has 3 rings (SSSR count). The van der Waals surface area contributed by atoms with Crippen LogP contribution in [0.5, 0.6) is 0 Å². The lowest BCUT2D eigenvalue weighted by molar-refractivity contribution is -0.384. The van der Waals surface area contributed by atoms with Gasteiger partial charge < -0.3 is 5.32 Å². The van der Waals surface area contributed by atoms with Crippen molar-refractivity contribution in [3.63, 3.8) is 0 Å². The number of nitrogens with one attached hydrogen (secondary N) is 1. The maximum Gasteiger partial charge on any atom is 0.271 e. The molecule has 1 aromatic carbocycles. The number of hydrogen-bond donors (Lipinski definition) is 1. The summed E-state index contributed by atoms with van der Waals surface area (Å²) in [6, 6.07) is 11.3. The van der Waals surface area contributed by atoms with Gasteiger partial charge in [-0.25, -0.2) is 0 Å². The Labute approximate surface area is 134 Å². The van der Waals surface area contributed by atoms with Crippen LogP contribution in [-0.4, -0.2) is 31.2 Å². The van der Waals surface area contributed by atoms with Crippen LogP contribution in [0.3, 0.4) is 0 Å². The maximum atomic E-state index is 12.0. The number of anilines is 1. The first kappa shape index (κ1) is 15.0. The minimum Gasteiger partial charge on any atom is -0.325 e. The van der Waals surface area contributed by atoms with Crippen LogP contribution in [0.25, 0.3) is 5.65 Å². The summed E-state index contributed by atoms with van der Waals surface area (Å²) in [6.45, 7) is 0. The van der Waals surface area contributed by atoms with E-state index in [1.165, 1.54) is 30.0 Å². The SMILES string of the molecule is O=C(CSc1nnc2ccccn12)Nc1cccc([N+](=O)[O-])c1. The van der Waals surface area contributed by atoms with Gasteiger partial charge in [0, 0.05) is 24.0 Å². The molecule has 0 saturated carbocycles. The van der Waals surface area contributed by atoms with Crippen LogP contribution in [0.4, 0.5) is 11.4 Å². The van der Waals surface area contributed by atoms with E-state index < -0.39 is 4.92 Å². The molecule has 8 nitrogen and oxygen atoms in total. The highest BCUT2D eigenvalue weighted by Gasteiger charge is 2.11. The molecule has 0 aliphatic carbocycles. The van der Waals surface area contributed by atoms with Gasteiger partial charge in [-0.2, -0.15) is 0 Å². The minimum atomic E-state index is -0.507. The number of hydrogen-bond acceptors (Lipinski definition) is 6. The van der Waals surface area contributed by atoms with E-state index in [2.05, 4.69) is 15.5 Å². The average Bonchev–Trinajstić information content (AvgIpc) is 2.96. The zero-order chi connectivity index (χ0) is 16.2. The molecule has 2 heterocycles. The normalized spacial score (nSPS) is 10.6. The van der Waals surface area contributed by atoms with Crippen LogP contribution in [0.1, 0.15) is 0 Å². The quantitative estimate of drug-likeness (QED) is 0.438. The van der Waals surface area contributed by atoms with E-state index in [1.807, 2.05) is 24.4 Å². The van der Waals surface area contributed by atoms with Crippen LogP contribution in [0.15, 0.2) is 53.8 Å². The van der Waals surface area contributed by atoms with Gasteiger partial charge in [0.1, 0.15) is 0 Å². The molecule has 0 spiro atoms. The van der Waals surface area contributed by atoms with Crippen LogP contribution in [0.2, 0.25) is 0 Å². The van der Waals surface area contributed by atoms with Crippen molar-refractivity contribution in [1.29, 1.82) is 0 Å². The van der Waals surface area contributed by atoms with Gasteiger partial charge in [0.2, 0.25) is 5.91 Å². The summed E-state index contributed by atoms with van der Waals surface area (Å²) in [4.78, 5) is 22.2. The van der Waals surface area contributed by atoms with Crippen molar-refractivity contribution in [3.8, 4) is 0 Å². The molecule has 23 heavy (non-hydrogen) atoms. The minimum absolute atomic E-state index is 0.0705. The summed E-state index contributed by atoms with van der Waals surface area (Å²) in [5.41, 5.74) is 1.02. The molecule has 0 radical (unpaired) electrons. The summed E-state index contributed by atoms with van der Waals surface area (Å²) in [5.74, 6) is -0.151. The number of carbonyl (C=O) groups excluding carboxylic acids is 1. The summed E-state index contributed by atoms with van der Waals surface area (Å²) in [5, 5.41) is 22.0. The van der Waals surface area contributed by atoms with Crippen molar-refractivity contribution in [2.75, 3.05) is 11.1 Å². The highest BCUT2D eigenvalue weighted by molar-refractivity contribution is 7.99. The van der Waals surface area contributed by atoms with E-state index in [0.717, 1.165) is 0 Å². The third kappa shape index (κ3) is 3.46. The second-order valence-corrected chi connectivity index (χ2v) is 5.50. The lowest BCUT2D eigenvalue weighted by Gasteiger charge is -2.04. The van der Waals surface area contributed by atoms with Gasteiger partial charge in [0.15, 0.2) is 10.8 Å². The first-order valence-electron chi connectivity index (χ1n) is 6.60. The van der Waals surface area contributed by atoms with Gasteiger partial charge in [0.25, 0.3) is 5.69 Å². The molecule has 3 aromatic rings. The predicted octanol–water partition coefficient (Wildman–Crippen LogP) is 2.37. The number of thioether (sulfide) groups is 1. The second-order valence-electron chi connectivity index (χ2n) is 4.56. The molecule has 0 atom stereocenters. The first-order chi connectivity index (χ1) is 11.1. The molecular weight excluding hydrogens is 318 g/mol. The lowest BCUT2D eigenvalue weighted by atomic mass is 10.3. The Kier molecular flexibility index (Phi) is 4.20. The van der Waals surface area contributed by atoms with Crippen LogP contribution >= 0.6 is 11.8 Å². The Hall–Kier alpha value is -2.94. The third-order valence-corrected chi connectivity index (χ3v) is 3.90. The fraction of sp³-hybridized carbons (Fsp3) is 0.0714. The predicted molar refractivity (Wildman–Crippen MR) is 85.4 cm³/mol. The van der Waals surface area contributed by atoms with E-state index in [1.54, 1.807) is 10.5 Å². The van der Waals surface area contributed by atoms with Crippen LogP contribution < -0.4 is 5.32 Å². The molecular formula is C14H11N5O3S. The van der Waals surface area contributed by atoms with Crippen molar-refractivity contribution in [3.05, 3.63) is 58.8 Å². The molecule has 0 unspecified atom stereocenters. The van der Waals surface area contributed by atoms with Gasteiger partial charge in [-0.05, 0) is 18.2 Å². The summed E-state index contributed by atoms with van der Waals surface area (Å²) >= 11 is 1.24. The topological polar surface area (TPSA) is 102 Å². The molecule has 116 valence electrons. The smallest absolute Gasteiger partial charge is 0.271 e. The molecule has 0 saturated heterocycles. The van der Waals surface area contributed by atoms with Crippen molar-refractivity contribution < 1.29 is 9.72 Å². The Balaban J connectivity index is 1.64. The summed E-state index contributed by atoms with van der Waals surface area (Å²) < 4.78 is 1.78. The molecule has 0 aliphatic heterocycles. The van der Waals surface area contributed by atoms with Crippen LogP contribution in [0, 0.1) is 10.1 Å². The second kappa shape index (κ2) is 6.44. The van der Waals surface area contributed by atoms with Crippen molar-refractivity contribution in [2.24, 2.45) is 0 Å². The number of aromatic nitrogens is 3. The van der Waals surface area contributed by atoms with Gasteiger partial charge in [-0.15, -0.1) is 10.2 Å². The number of benzene rings is 1. The highest BCUT2D eigenvalue weighted by Crippen LogP contribution is 2.19. The van der Waals surface area contributed by atoms with E-state index in [0.29, 0.717) is 16.5 Å². The van der Waals surface area contributed by atoms with Gasteiger partial charge in [0.05, 0.1) is 10.7 Å². The highest BCUT2D eigenvalue weighted by atomic mass is 32.2. The monoisotopic (exact) mass is 329 g/mol. The number of amides is 1. The van der Waals surface area contributed by atoms with Gasteiger partial charge in [-0.1, -0.05) is 23.9 Å². The Morgan fingerprint density at radius 2 is 2.13 bits per heavy atom. The largest absolute Gasteiger partial charge is 0.325 e. The number of non-ortho nitro benzene ring substituents is 1. The first-order valence-corrected chi connectivity index (χ1v) is 7.59. The average molecular weight is 329 g/mol. The molecule has 2 aromatic heterocycles. The zero-order valence-electron chi connectivity index (χ0n) is 11.7. The number of nitrogens with zero attached hydrogens (tertiary/aromatic N) is 4. The molecule has 0 fully saturated rings. The lowest BCUT2D eigenvalue weighted by Crippen LogP contribution is -2.14. The van der Waals surface area contributed by atoms with Crippen molar-refractivity contribution in [1.82, 2.24) is 14.6 Å². The van der Waals surface area contributed by atoms with Gasteiger partial charge in [-0.3, -0.25) is 19.3 Å². The Bertz CT molecular complexity index is 879. The van der Waals surface area contributed by atoms with Gasteiger partial charge >= 0.3 is 0 Å². The van der Waals surface area contributed by atoms with E-state index in [4.69, 9.17) is 0 Å². The Morgan fingerprint density at radius 3 is 2.96 bits per heavy atom.